The Hall–Kier alpha value is -2.24. The molecule has 0 saturated carbocycles. The number of carboxylic acids is 1. The lowest BCUT2D eigenvalue weighted by molar-refractivity contribution is -0.139. The Morgan fingerprint density at radius 3 is 2.68 bits per heavy atom. The van der Waals surface area contributed by atoms with Crippen molar-refractivity contribution in [3.05, 3.63) is 24.3 Å². The third-order valence-electron chi connectivity index (χ3n) is 2.75. The summed E-state index contributed by atoms with van der Waals surface area (Å²) < 4.78 is 5.07. The number of rotatable bonds is 5. The minimum atomic E-state index is -1.05. The second-order valence-corrected chi connectivity index (χ2v) is 4.01. The van der Waals surface area contributed by atoms with Crippen molar-refractivity contribution in [1.29, 1.82) is 0 Å². The molecule has 0 aromatic heterocycles. The van der Waals surface area contributed by atoms with Gasteiger partial charge in [-0.3, -0.25) is 4.90 Å². The maximum Gasteiger partial charge on any atom is 0.326 e. The number of nitrogens with one attached hydrogen (secondary N) is 1. The fourth-order valence-corrected chi connectivity index (χ4v) is 1.52. The predicted molar refractivity (Wildman–Crippen MR) is 71.6 cm³/mol. The summed E-state index contributed by atoms with van der Waals surface area (Å²) in [5.74, 6) is -0.419. The van der Waals surface area contributed by atoms with E-state index >= 15 is 0 Å². The van der Waals surface area contributed by atoms with Crippen molar-refractivity contribution in [2.45, 2.75) is 19.4 Å². The Morgan fingerprint density at radius 1 is 1.47 bits per heavy atom. The number of ether oxygens (including phenoxy) is 1. The Balaban J connectivity index is 2.78. The zero-order chi connectivity index (χ0) is 14.4. The minimum absolute atomic E-state index is 0.326. The number of urea groups is 1. The topological polar surface area (TPSA) is 78.9 Å². The van der Waals surface area contributed by atoms with E-state index in [1.165, 1.54) is 12.0 Å². The van der Waals surface area contributed by atoms with E-state index in [0.717, 1.165) is 0 Å². The van der Waals surface area contributed by atoms with Gasteiger partial charge in [0.25, 0.3) is 0 Å². The van der Waals surface area contributed by atoms with Crippen LogP contribution in [0.5, 0.6) is 5.75 Å². The number of carbonyl (C=O) groups excluding carboxylic acids is 1. The average molecular weight is 266 g/mol. The molecule has 0 radical (unpaired) electrons. The summed E-state index contributed by atoms with van der Waals surface area (Å²) in [7, 11) is 3.11. The summed E-state index contributed by atoms with van der Waals surface area (Å²) in [6, 6.07) is 5.60. The second-order valence-electron chi connectivity index (χ2n) is 4.01. The molecule has 2 amide bonds. The van der Waals surface area contributed by atoms with Gasteiger partial charge in [0.1, 0.15) is 11.8 Å². The molecule has 0 aliphatic carbocycles. The summed E-state index contributed by atoms with van der Waals surface area (Å²) in [6.45, 7) is 1.70. The fourth-order valence-electron chi connectivity index (χ4n) is 1.52. The Morgan fingerprint density at radius 2 is 2.16 bits per heavy atom. The Kier molecular flexibility index (Phi) is 5.17. The Labute approximate surface area is 112 Å². The third kappa shape index (κ3) is 3.87. The molecule has 2 N–H and O–H groups in total. The van der Waals surface area contributed by atoms with Crippen LogP contribution in [0.15, 0.2) is 24.3 Å². The first-order valence-electron chi connectivity index (χ1n) is 5.90. The van der Waals surface area contributed by atoms with E-state index in [4.69, 9.17) is 9.84 Å². The van der Waals surface area contributed by atoms with Gasteiger partial charge in [-0.25, -0.2) is 9.59 Å². The summed E-state index contributed by atoms with van der Waals surface area (Å²) in [5.41, 5.74) is 0.622. The lowest BCUT2D eigenvalue weighted by atomic mass is 10.2. The van der Waals surface area contributed by atoms with Crippen LogP contribution in [-0.2, 0) is 4.79 Å². The van der Waals surface area contributed by atoms with Gasteiger partial charge in [-0.1, -0.05) is 13.0 Å². The van der Waals surface area contributed by atoms with E-state index in [9.17, 15) is 9.59 Å². The molecule has 0 fully saturated rings. The van der Waals surface area contributed by atoms with Gasteiger partial charge in [0.05, 0.1) is 7.11 Å². The molecule has 6 heteroatoms. The number of carbonyl (C=O) groups is 2. The number of hydrogen-bond acceptors (Lipinski definition) is 3. The van der Waals surface area contributed by atoms with E-state index in [1.807, 2.05) is 0 Å². The lowest BCUT2D eigenvalue weighted by Crippen LogP contribution is -2.46. The van der Waals surface area contributed by atoms with Gasteiger partial charge in [0.2, 0.25) is 0 Å². The van der Waals surface area contributed by atoms with Crippen LogP contribution in [0.4, 0.5) is 10.5 Å². The van der Waals surface area contributed by atoms with Crippen LogP contribution in [0.25, 0.3) is 0 Å². The minimum Gasteiger partial charge on any atom is -0.497 e. The predicted octanol–water partition coefficient (Wildman–Crippen LogP) is 1.70. The Bertz CT molecular complexity index is 462. The van der Waals surface area contributed by atoms with Crippen LogP contribution >= 0.6 is 0 Å². The number of carboxylic acid groups (broad SMARTS) is 1. The van der Waals surface area contributed by atoms with Gasteiger partial charge in [-0.05, 0) is 18.6 Å². The number of hydrogen-bond donors (Lipinski definition) is 2. The first kappa shape index (κ1) is 14.8. The molecule has 0 unspecified atom stereocenters. The zero-order valence-electron chi connectivity index (χ0n) is 11.2. The molecule has 0 spiro atoms. The van der Waals surface area contributed by atoms with E-state index < -0.39 is 18.0 Å². The molecule has 0 aliphatic heterocycles. The van der Waals surface area contributed by atoms with Crippen molar-refractivity contribution in [2.75, 3.05) is 19.1 Å². The molecule has 0 aliphatic rings. The molecular formula is C13H18N2O4. The third-order valence-corrected chi connectivity index (χ3v) is 2.75. The molecular weight excluding hydrogens is 248 g/mol. The normalized spacial score (nSPS) is 11.5. The average Bonchev–Trinajstić information content (AvgIpc) is 2.43. The van der Waals surface area contributed by atoms with Crippen molar-refractivity contribution >= 4 is 17.7 Å². The van der Waals surface area contributed by atoms with Crippen molar-refractivity contribution in [3.8, 4) is 5.75 Å². The lowest BCUT2D eigenvalue weighted by Gasteiger charge is -2.21. The highest BCUT2D eigenvalue weighted by Gasteiger charge is 2.20. The largest absolute Gasteiger partial charge is 0.497 e. The van der Waals surface area contributed by atoms with Gasteiger partial charge < -0.3 is 15.2 Å². The van der Waals surface area contributed by atoms with Crippen LogP contribution in [-0.4, -0.2) is 37.3 Å². The molecule has 6 nitrogen and oxygen atoms in total. The summed E-state index contributed by atoms with van der Waals surface area (Å²) in [6.07, 6.45) is 0.326. The fraction of sp³-hybridized carbons (Fsp3) is 0.385. The number of anilines is 1. The molecule has 104 valence electrons. The van der Waals surface area contributed by atoms with Crippen LogP contribution in [0.3, 0.4) is 0 Å². The summed E-state index contributed by atoms with van der Waals surface area (Å²) >= 11 is 0. The number of aliphatic carboxylic acids is 1. The highest BCUT2D eigenvalue weighted by Crippen LogP contribution is 2.19. The number of methoxy groups -OCH3 is 1. The van der Waals surface area contributed by atoms with Crippen molar-refractivity contribution in [2.24, 2.45) is 0 Å². The van der Waals surface area contributed by atoms with Gasteiger partial charge in [0, 0.05) is 18.8 Å². The zero-order valence-corrected chi connectivity index (χ0v) is 11.2. The molecule has 0 heterocycles. The molecule has 1 aromatic rings. The van der Waals surface area contributed by atoms with Crippen molar-refractivity contribution in [3.63, 3.8) is 0 Å². The highest BCUT2D eigenvalue weighted by molar-refractivity contribution is 5.94. The molecule has 19 heavy (non-hydrogen) atoms. The molecule has 1 atom stereocenters. The molecule has 1 aromatic carbocycles. The maximum absolute atomic E-state index is 11.9. The van der Waals surface area contributed by atoms with Crippen molar-refractivity contribution in [1.82, 2.24) is 5.32 Å². The molecule has 1 rings (SSSR count). The summed E-state index contributed by atoms with van der Waals surface area (Å²) in [5, 5.41) is 11.4. The van der Waals surface area contributed by atoms with Crippen LogP contribution < -0.4 is 15.0 Å². The van der Waals surface area contributed by atoms with Crippen LogP contribution in [0, 0.1) is 0 Å². The highest BCUT2D eigenvalue weighted by atomic mass is 16.5. The smallest absolute Gasteiger partial charge is 0.326 e. The number of benzene rings is 1. The molecule has 0 saturated heterocycles. The van der Waals surface area contributed by atoms with E-state index in [2.05, 4.69) is 5.32 Å². The second kappa shape index (κ2) is 6.63. The van der Waals surface area contributed by atoms with Gasteiger partial charge >= 0.3 is 12.0 Å². The van der Waals surface area contributed by atoms with E-state index in [1.54, 1.807) is 38.2 Å². The number of amides is 2. The van der Waals surface area contributed by atoms with Crippen molar-refractivity contribution < 1.29 is 19.4 Å². The first-order valence-corrected chi connectivity index (χ1v) is 5.90. The standard InChI is InChI=1S/C13H18N2O4/c1-4-11(12(16)17)14-13(18)15(2)9-6-5-7-10(8-9)19-3/h5-8,11H,4H2,1-3H3,(H,14,18)(H,16,17)/t11-/m1/s1. The van der Waals surface area contributed by atoms with E-state index in [-0.39, 0.29) is 0 Å². The first-order chi connectivity index (χ1) is 8.99. The molecule has 0 bridgehead atoms. The van der Waals surface area contributed by atoms with Gasteiger partial charge in [-0.2, -0.15) is 0 Å². The monoisotopic (exact) mass is 266 g/mol. The SMILES string of the molecule is CC[C@@H](NC(=O)N(C)c1cccc(OC)c1)C(=O)O. The summed E-state index contributed by atoms with van der Waals surface area (Å²) in [4.78, 5) is 24.1. The van der Waals surface area contributed by atoms with Gasteiger partial charge in [-0.15, -0.1) is 0 Å². The van der Waals surface area contributed by atoms with Gasteiger partial charge in [0.15, 0.2) is 0 Å². The number of nitrogens with zero attached hydrogens (tertiary/aromatic N) is 1. The van der Waals surface area contributed by atoms with E-state index in [0.29, 0.717) is 17.9 Å². The van der Waals surface area contributed by atoms with Crippen LogP contribution in [0.1, 0.15) is 13.3 Å². The quantitative estimate of drug-likeness (QED) is 0.850. The maximum atomic E-state index is 11.9. The van der Waals surface area contributed by atoms with Crippen LogP contribution in [0.2, 0.25) is 0 Å².